The lowest BCUT2D eigenvalue weighted by Crippen LogP contribution is -2.53. The van der Waals surface area contributed by atoms with E-state index in [2.05, 4.69) is 51.7 Å². The minimum atomic E-state index is -1.53. The van der Waals surface area contributed by atoms with Crippen LogP contribution in [-0.4, -0.2) is 72.5 Å². The van der Waals surface area contributed by atoms with Crippen LogP contribution in [0, 0.1) is 25.2 Å². The van der Waals surface area contributed by atoms with Crippen molar-refractivity contribution < 1.29 is 24.5 Å². The molecule has 1 aliphatic carbocycles. The van der Waals surface area contributed by atoms with Crippen molar-refractivity contribution in [2.45, 2.75) is 64.3 Å². The standard InChI is InChI=1S/C42H41N7O5/c1-23-28(29-7-5-9-34(24(29)2)46-39-37-26(12-14-44-39)16-25(19-45-37)20-49-15-13-27(51)21-49)6-4-8-30(23)40-47-36-17-32-31(33(18-43)38(36)54-40)10-11-35(32)48-42(3,22-50)41(52)53/h4-9,12,14,16-17,19,27,35,48,50-51H,10-11,13,15,20-22H2,1-3H3,(H,44,46)(H,52,53)/t27-,35-,42?/m1/s1. The van der Waals surface area contributed by atoms with Gasteiger partial charge in [-0.3, -0.25) is 20.0 Å². The summed E-state index contributed by atoms with van der Waals surface area (Å²) in [6, 6.07) is 20.0. The number of β-amino-alcohol motifs (C(OH)–C–C–N with tert-alkyl or cyclic N) is 1. The highest BCUT2D eigenvalue weighted by Gasteiger charge is 2.38. The molecule has 4 heterocycles. The van der Waals surface area contributed by atoms with Crippen molar-refractivity contribution in [3.8, 4) is 28.7 Å². The highest BCUT2D eigenvalue weighted by atomic mass is 16.4. The van der Waals surface area contributed by atoms with E-state index in [9.17, 15) is 25.4 Å². The number of aliphatic hydroxyl groups is 2. The molecule has 1 saturated heterocycles. The lowest BCUT2D eigenvalue weighted by molar-refractivity contribution is -0.146. The van der Waals surface area contributed by atoms with Gasteiger partial charge in [-0.1, -0.05) is 24.3 Å². The number of anilines is 2. The number of fused-ring (bicyclic) bond motifs is 3. The van der Waals surface area contributed by atoms with E-state index in [4.69, 9.17) is 14.4 Å². The summed E-state index contributed by atoms with van der Waals surface area (Å²) in [6.45, 7) is 7.28. The molecule has 3 atom stereocenters. The topological polar surface area (TPSA) is 181 Å². The predicted octanol–water partition coefficient (Wildman–Crippen LogP) is 6.32. The highest BCUT2D eigenvalue weighted by molar-refractivity contribution is 5.91. The molecule has 1 fully saturated rings. The summed E-state index contributed by atoms with van der Waals surface area (Å²) in [5.41, 5.74) is 8.94. The number of pyridine rings is 2. The van der Waals surface area contributed by atoms with E-state index in [1.807, 2.05) is 49.5 Å². The number of hydrogen-bond donors (Lipinski definition) is 5. The van der Waals surface area contributed by atoms with Gasteiger partial charge in [0.15, 0.2) is 11.4 Å². The van der Waals surface area contributed by atoms with Crippen LogP contribution >= 0.6 is 0 Å². The smallest absolute Gasteiger partial charge is 0.326 e. The van der Waals surface area contributed by atoms with Gasteiger partial charge < -0.3 is 25.1 Å². The maximum absolute atomic E-state index is 11.9. The first kappa shape index (κ1) is 35.3. The van der Waals surface area contributed by atoms with Gasteiger partial charge in [0.05, 0.1) is 12.7 Å². The van der Waals surface area contributed by atoms with Crippen molar-refractivity contribution in [3.63, 3.8) is 0 Å². The van der Waals surface area contributed by atoms with Crippen LogP contribution in [0.15, 0.2) is 71.4 Å². The van der Waals surface area contributed by atoms with Gasteiger partial charge >= 0.3 is 5.97 Å². The molecule has 0 spiro atoms. The first-order valence-electron chi connectivity index (χ1n) is 18.2. The molecule has 1 aliphatic heterocycles. The third-order valence-corrected chi connectivity index (χ3v) is 11.0. The Kier molecular flexibility index (Phi) is 9.11. The van der Waals surface area contributed by atoms with Crippen molar-refractivity contribution in [1.82, 2.24) is 25.2 Å². The average Bonchev–Trinajstić information content (AvgIpc) is 3.89. The molecular weight excluding hydrogens is 683 g/mol. The van der Waals surface area contributed by atoms with Crippen molar-refractivity contribution in [2.24, 2.45) is 0 Å². The number of carboxylic acids is 1. The Morgan fingerprint density at radius 1 is 1.07 bits per heavy atom. The summed E-state index contributed by atoms with van der Waals surface area (Å²) in [5, 5.41) is 47.4. The van der Waals surface area contributed by atoms with E-state index in [0.717, 1.165) is 80.6 Å². The fourth-order valence-electron chi connectivity index (χ4n) is 7.94. The summed E-state index contributed by atoms with van der Waals surface area (Å²) >= 11 is 0. The Bertz CT molecular complexity index is 2490. The van der Waals surface area contributed by atoms with Gasteiger partial charge in [-0.25, -0.2) is 9.97 Å². The molecule has 0 bridgehead atoms. The number of rotatable bonds is 10. The van der Waals surface area contributed by atoms with Crippen LogP contribution in [0.25, 0.3) is 44.6 Å². The number of aliphatic carboxylic acids is 1. The van der Waals surface area contributed by atoms with Gasteiger partial charge in [-0.05, 0) is 109 Å². The molecule has 54 heavy (non-hydrogen) atoms. The number of nitrogens with one attached hydrogen (secondary N) is 2. The number of oxazole rings is 1. The van der Waals surface area contributed by atoms with Gasteiger partial charge in [0.2, 0.25) is 5.89 Å². The zero-order chi connectivity index (χ0) is 37.7. The molecule has 3 aromatic carbocycles. The van der Waals surface area contributed by atoms with E-state index >= 15 is 0 Å². The van der Waals surface area contributed by atoms with Crippen LogP contribution < -0.4 is 10.6 Å². The second-order valence-electron chi connectivity index (χ2n) is 14.7. The van der Waals surface area contributed by atoms with E-state index < -0.39 is 18.1 Å². The van der Waals surface area contributed by atoms with Gasteiger partial charge in [0, 0.05) is 54.7 Å². The molecule has 0 saturated carbocycles. The Hall–Kier alpha value is -5.71. The van der Waals surface area contributed by atoms with E-state index in [0.29, 0.717) is 47.8 Å². The van der Waals surface area contributed by atoms with Crippen LogP contribution in [0.2, 0.25) is 0 Å². The lowest BCUT2D eigenvalue weighted by Gasteiger charge is -2.28. The summed E-state index contributed by atoms with van der Waals surface area (Å²) < 4.78 is 6.36. The third kappa shape index (κ3) is 6.25. The maximum Gasteiger partial charge on any atom is 0.326 e. The quantitative estimate of drug-likeness (QED) is 0.106. The number of benzene rings is 3. The van der Waals surface area contributed by atoms with Crippen LogP contribution in [0.4, 0.5) is 11.5 Å². The number of nitrogens with zero attached hydrogens (tertiary/aromatic N) is 5. The molecule has 5 N–H and O–H groups in total. The van der Waals surface area contributed by atoms with Crippen molar-refractivity contribution >= 4 is 39.5 Å². The fourth-order valence-corrected chi connectivity index (χ4v) is 7.94. The maximum atomic E-state index is 11.9. The summed E-state index contributed by atoms with van der Waals surface area (Å²) in [7, 11) is 0. The molecule has 2 aliphatic rings. The second-order valence-corrected chi connectivity index (χ2v) is 14.7. The molecule has 8 rings (SSSR count). The fraction of sp³-hybridized carbons (Fsp3) is 0.310. The number of likely N-dealkylation sites (tertiary alicyclic amines) is 1. The third-order valence-electron chi connectivity index (χ3n) is 11.0. The van der Waals surface area contributed by atoms with Gasteiger partial charge in [0.1, 0.15) is 28.2 Å². The monoisotopic (exact) mass is 723 g/mol. The van der Waals surface area contributed by atoms with Crippen LogP contribution in [0.1, 0.15) is 59.2 Å². The second kappa shape index (κ2) is 13.9. The minimum Gasteiger partial charge on any atom is -0.480 e. The molecule has 3 aromatic heterocycles. The van der Waals surface area contributed by atoms with E-state index in [-0.39, 0.29) is 12.1 Å². The molecule has 274 valence electrons. The number of nitriles is 1. The van der Waals surface area contributed by atoms with Crippen molar-refractivity contribution in [1.29, 1.82) is 5.26 Å². The number of aliphatic hydroxyl groups excluding tert-OH is 2. The molecule has 6 aromatic rings. The lowest BCUT2D eigenvalue weighted by atomic mass is 9.93. The molecule has 0 radical (unpaired) electrons. The van der Waals surface area contributed by atoms with E-state index in [1.165, 1.54) is 6.92 Å². The molecular formula is C42H41N7O5. The largest absolute Gasteiger partial charge is 0.480 e. The normalized spacial score (nSPS) is 18.1. The molecule has 1 unspecified atom stereocenters. The number of carbonyl (C=O) groups is 1. The van der Waals surface area contributed by atoms with Gasteiger partial charge in [-0.15, -0.1) is 0 Å². The molecule has 12 heteroatoms. The van der Waals surface area contributed by atoms with Crippen molar-refractivity contribution in [2.75, 3.05) is 25.0 Å². The molecule has 0 amide bonds. The minimum absolute atomic E-state index is 0.263. The Morgan fingerprint density at radius 2 is 1.85 bits per heavy atom. The number of carboxylic acid groups (broad SMARTS) is 1. The first-order valence-corrected chi connectivity index (χ1v) is 18.2. The zero-order valence-electron chi connectivity index (χ0n) is 30.3. The van der Waals surface area contributed by atoms with Gasteiger partial charge in [0.25, 0.3) is 0 Å². The predicted molar refractivity (Wildman–Crippen MR) is 205 cm³/mol. The summed E-state index contributed by atoms with van der Waals surface area (Å²) in [6.07, 6.45) is 5.36. The van der Waals surface area contributed by atoms with Crippen LogP contribution in [-0.2, 0) is 17.8 Å². The first-order chi connectivity index (χ1) is 26.1. The van der Waals surface area contributed by atoms with Crippen molar-refractivity contribution in [3.05, 3.63) is 100 Å². The SMILES string of the molecule is Cc1c(Nc2nccc3cc(CN4CC[C@@H](O)C4)cnc23)cccc1-c1cccc(-c2nc3cc4c(c(C#N)c3o2)CC[C@H]4NC(C)(CO)C(=O)O)c1C. The summed E-state index contributed by atoms with van der Waals surface area (Å²) in [5.74, 6) is -0.101. The highest BCUT2D eigenvalue weighted by Crippen LogP contribution is 2.41. The van der Waals surface area contributed by atoms with Gasteiger partial charge in [-0.2, -0.15) is 5.26 Å². The summed E-state index contributed by atoms with van der Waals surface area (Å²) in [4.78, 5) is 28.5. The number of hydrogen-bond acceptors (Lipinski definition) is 11. The Labute approximate surface area is 312 Å². The Balaban J connectivity index is 1.10. The molecule has 12 nitrogen and oxygen atoms in total. The number of aromatic nitrogens is 3. The average molecular weight is 724 g/mol. The Morgan fingerprint density at radius 3 is 2.59 bits per heavy atom. The zero-order valence-corrected chi connectivity index (χ0v) is 30.3. The van der Waals surface area contributed by atoms with Crippen LogP contribution in [0.3, 0.4) is 0 Å². The van der Waals surface area contributed by atoms with Crippen LogP contribution in [0.5, 0.6) is 0 Å². The van der Waals surface area contributed by atoms with E-state index in [1.54, 1.807) is 6.20 Å².